The first-order valence-electron chi connectivity index (χ1n) is 25.2. The second-order valence-corrected chi connectivity index (χ2v) is 26.3. The molecule has 0 aliphatic heterocycles. The van der Waals surface area contributed by atoms with Crippen LogP contribution in [0.5, 0.6) is 5.75 Å². The summed E-state index contributed by atoms with van der Waals surface area (Å²) in [4.78, 5) is 44.3. The van der Waals surface area contributed by atoms with Gasteiger partial charge in [0.1, 0.15) is 16.8 Å². The Morgan fingerprint density at radius 2 is 0.957 bits per heavy atom. The maximum absolute atomic E-state index is 15.6. The van der Waals surface area contributed by atoms with Gasteiger partial charge < -0.3 is 4.74 Å². The van der Waals surface area contributed by atoms with E-state index in [-0.39, 0.29) is 11.6 Å². The third-order valence-electron chi connectivity index (χ3n) is 13.9. The summed E-state index contributed by atoms with van der Waals surface area (Å²) in [5.74, 6) is 1.98. The number of thiophene rings is 6. The van der Waals surface area contributed by atoms with Crippen molar-refractivity contribution in [2.24, 2.45) is 11.8 Å². The van der Waals surface area contributed by atoms with Crippen molar-refractivity contribution in [3.8, 4) is 55.9 Å². The number of carbonyl (C=O) groups excluding carboxylic acids is 2. The van der Waals surface area contributed by atoms with Crippen LogP contribution in [0, 0.1) is 32.6 Å². The van der Waals surface area contributed by atoms with E-state index in [9.17, 15) is 0 Å². The summed E-state index contributed by atoms with van der Waals surface area (Å²) in [5.41, 5.74) is 7.69. The lowest BCUT2D eigenvalue weighted by Crippen LogP contribution is -2.22. The summed E-state index contributed by atoms with van der Waals surface area (Å²) >= 11 is 11.6. The Hall–Kier alpha value is -3.62. The SMILES string of the molecule is CCCCCCOc1c(C)c(-c2ccc(-c3ccc(-c4sc(-c5ccc(C)s5)c5c4C(=O)c4c(CC(CC)CCCC)sc(CC(CC)CCCC)c4C5=O)s3)s2)c2nsnc2c1-c1ccc(C)s1. The zero-order valence-electron chi connectivity index (χ0n) is 41.4. The van der Waals surface area contributed by atoms with Crippen LogP contribution in [0.3, 0.4) is 0 Å². The molecule has 0 saturated carbocycles. The molecule has 0 amide bonds. The molecule has 362 valence electrons. The Morgan fingerprint density at radius 1 is 0.478 bits per heavy atom. The number of rotatable bonds is 23. The number of ketones is 2. The number of fused-ring (bicyclic) bond motifs is 3. The molecule has 0 saturated heterocycles. The molecule has 7 heterocycles. The lowest BCUT2D eigenvalue weighted by molar-refractivity contribution is 0.0980. The van der Waals surface area contributed by atoms with Gasteiger partial charge in [-0.05, 0) is 100 Å². The van der Waals surface area contributed by atoms with E-state index in [1.54, 1.807) is 68.0 Å². The Balaban J connectivity index is 1.12. The van der Waals surface area contributed by atoms with Crippen molar-refractivity contribution in [1.29, 1.82) is 0 Å². The van der Waals surface area contributed by atoms with E-state index in [0.717, 1.165) is 146 Å². The fourth-order valence-electron chi connectivity index (χ4n) is 10.0. The molecule has 0 bridgehead atoms. The van der Waals surface area contributed by atoms with Gasteiger partial charge in [0.25, 0.3) is 0 Å². The fourth-order valence-corrected chi connectivity index (χ4v) is 17.6. The molecule has 0 N–H and O–H groups in total. The Kier molecular flexibility index (Phi) is 16.4. The van der Waals surface area contributed by atoms with Crippen molar-refractivity contribution < 1.29 is 14.3 Å². The van der Waals surface area contributed by atoms with Gasteiger partial charge in [0.15, 0.2) is 11.6 Å². The van der Waals surface area contributed by atoms with Gasteiger partial charge in [-0.1, -0.05) is 105 Å². The molecular formula is C57H64N2O3S7. The monoisotopic (exact) mass is 1050 g/mol. The minimum absolute atomic E-state index is 0.0455. The third-order valence-corrected chi connectivity index (χ3v) is 21.6. The molecule has 1 aromatic carbocycles. The molecule has 1 aliphatic carbocycles. The highest BCUT2D eigenvalue weighted by atomic mass is 32.1. The first-order chi connectivity index (χ1) is 33.6. The molecular weight excluding hydrogens is 985 g/mol. The molecule has 0 fully saturated rings. The van der Waals surface area contributed by atoms with E-state index in [4.69, 9.17) is 13.5 Å². The summed E-state index contributed by atoms with van der Waals surface area (Å²) in [7, 11) is 0. The largest absolute Gasteiger partial charge is 0.493 e. The summed E-state index contributed by atoms with van der Waals surface area (Å²) in [5, 5.41) is 0. The van der Waals surface area contributed by atoms with Crippen molar-refractivity contribution in [2.45, 2.75) is 145 Å². The molecule has 9 rings (SSSR count). The zero-order chi connectivity index (χ0) is 48.3. The standard InChI is InChI=1S/C57H64N2O3S7/c1-9-14-17-18-29-62-55-34(8)45(51-52(59-69-58-51)48(55)40-23-21-32(6)63-40)39-27-25-37(65-39)38-26-28-42(66-38)57-50-49(56(68-57)41-24-22-33(7)64-41)53(60)46-43(30-35(12-4)19-15-10-2)67-44(47(46)54(50)61)31-36(13-5)20-16-11-3/h21-28,35-36H,9-20,29-31H2,1-8H3. The smallest absolute Gasteiger partial charge is 0.197 e. The van der Waals surface area contributed by atoms with Crippen molar-refractivity contribution in [3.05, 3.63) is 95.9 Å². The molecule has 5 nitrogen and oxygen atoms in total. The van der Waals surface area contributed by atoms with Crippen LogP contribution in [0.15, 0.2) is 48.5 Å². The third kappa shape index (κ3) is 10.1. The first kappa shape index (κ1) is 50.3. The number of aryl methyl sites for hydroxylation is 2. The topological polar surface area (TPSA) is 69.2 Å². The number of hydrogen-bond acceptors (Lipinski definition) is 12. The molecule has 1 aliphatic rings. The summed E-state index contributed by atoms with van der Waals surface area (Å²) in [6.07, 6.45) is 15.4. The first-order valence-corrected chi connectivity index (χ1v) is 30.9. The average molecular weight is 1050 g/mol. The van der Waals surface area contributed by atoms with Gasteiger partial charge in [-0.15, -0.1) is 68.0 Å². The predicted octanol–water partition coefficient (Wildman–Crippen LogP) is 19.6. The van der Waals surface area contributed by atoms with Crippen LogP contribution >= 0.6 is 79.7 Å². The average Bonchev–Trinajstić information content (AvgIpc) is 4.21. The Labute approximate surface area is 437 Å². The van der Waals surface area contributed by atoms with E-state index < -0.39 is 0 Å². The predicted molar refractivity (Wildman–Crippen MR) is 303 cm³/mol. The highest BCUT2D eigenvalue weighted by Crippen LogP contribution is 2.54. The molecule has 69 heavy (non-hydrogen) atoms. The number of nitrogens with zero attached hydrogens (tertiary/aromatic N) is 2. The van der Waals surface area contributed by atoms with Crippen LogP contribution in [-0.2, 0) is 12.8 Å². The summed E-state index contributed by atoms with van der Waals surface area (Å²) < 4.78 is 16.6. The number of ether oxygens (including phenoxy) is 1. The minimum atomic E-state index is 0.0455. The van der Waals surface area contributed by atoms with Crippen LogP contribution in [-0.4, -0.2) is 26.9 Å². The van der Waals surface area contributed by atoms with Crippen molar-refractivity contribution in [3.63, 3.8) is 0 Å². The number of carbonyl (C=O) groups is 2. The van der Waals surface area contributed by atoms with Crippen molar-refractivity contribution >= 4 is 102 Å². The van der Waals surface area contributed by atoms with E-state index in [0.29, 0.717) is 40.7 Å². The number of unbranched alkanes of at least 4 members (excludes halogenated alkanes) is 5. The summed E-state index contributed by atoms with van der Waals surface area (Å²) in [6, 6.07) is 17.5. The van der Waals surface area contributed by atoms with Gasteiger partial charge in [-0.2, -0.15) is 8.75 Å². The van der Waals surface area contributed by atoms with Gasteiger partial charge in [0, 0.05) is 71.0 Å². The zero-order valence-corrected chi connectivity index (χ0v) is 47.1. The Bertz CT molecular complexity index is 3090. The second-order valence-electron chi connectivity index (χ2n) is 18.8. The summed E-state index contributed by atoms with van der Waals surface area (Å²) in [6.45, 7) is 18.4. The molecule has 8 aromatic rings. The van der Waals surface area contributed by atoms with Crippen LogP contribution < -0.4 is 4.74 Å². The molecule has 7 aromatic heterocycles. The van der Waals surface area contributed by atoms with Gasteiger partial charge in [0.05, 0.1) is 44.8 Å². The lowest BCUT2D eigenvalue weighted by atomic mass is 9.81. The maximum Gasteiger partial charge on any atom is 0.197 e. The van der Waals surface area contributed by atoms with Crippen molar-refractivity contribution in [2.75, 3.05) is 6.61 Å². The second kappa shape index (κ2) is 22.4. The van der Waals surface area contributed by atoms with Crippen LogP contribution in [0.25, 0.3) is 61.2 Å². The van der Waals surface area contributed by atoms with Gasteiger partial charge in [0.2, 0.25) is 0 Å². The molecule has 0 spiro atoms. The van der Waals surface area contributed by atoms with E-state index in [2.05, 4.69) is 104 Å². The van der Waals surface area contributed by atoms with Gasteiger partial charge in [-0.3, -0.25) is 9.59 Å². The number of aromatic nitrogens is 2. The minimum Gasteiger partial charge on any atom is -0.493 e. The molecule has 2 unspecified atom stereocenters. The number of benzene rings is 1. The van der Waals surface area contributed by atoms with E-state index in [1.807, 2.05) is 0 Å². The lowest BCUT2D eigenvalue weighted by Gasteiger charge is -2.19. The molecule has 2 atom stereocenters. The quantitative estimate of drug-likeness (QED) is 0.0597. The molecule has 0 radical (unpaired) electrons. The fraction of sp³-hybridized carbons (Fsp3) is 0.439. The Morgan fingerprint density at radius 3 is 1.49 bits per heavy atom. The number of hydrogen-bond donors (Lipinski definition) is 0. The highest BCUT2D eigenvalue weighted by Gasteiger charge is 2.42. The van der Waals surface area contributed by atoms with Crippen LogP contribution in [0.1, 0.15) is 169 Å². The van der Waals surface area contributed by atoms with Crippen LogP contribution in [0.4, 0.5) is 0 Å². The van der Waals surface area contributed by atoms with E-state index in [1.165, 1.54) is 47.2 Å². The maximum atomic E-state index is 15.6. The van der Waals surface area contributed by atoms with Gasteiger partial charge in [-0.25, -0.2) is 0 Å². The molecule has 12 heteroatoms. The van der Waals surface area contributed by atoms with E-state index >= 15 is 9.59 Å². The van der Waals surface area contributed by atoms with Crippen molar-refractivity contribution in [1.82, 2.24) is 8.75 Å². The van der Waals surface area contributed by atoms with Gasteiger partial charge >= 0.3 is 0 Å². The highest BCUT2D eigenvalue weighted by molar-refractivity contribution is 7.29. The van der Waals surface area contributed by atoms with Crippen LogP contribution in [0.2, 0.25) is 0 Å². The normalized spacial score (nSPS) is 13.4.